The molecule has 0 aliphatic carbocycles. The summed E-state index contributed by atoms with van der Waals surface area (Å²) < 4.78 is 0. The molecule has 7 nitrogen and oxygen atoms in total. The predicted octanol–water partition coefficient (Wildman–Crippen LogP) is 3.40. The molecule has 0 aliphatic rings. The van der Waals surface area contributed by atoms with Crippen molar-refractivity contribution in [2.45, 2.75) is 0 Å². The molecule has 0 saturated heterocycles. The van der Waals surface area contributed by atoms with Crippen LogP contribution in [0.5, 0.6) is 0 Å². The Balaban J connectivity index is 1.80. The van der Waals surface area contributed by atoms with Crippen molar-refractivity contribution in [3.05, 3.63) is 61.2 Å². The van der Waals surface area contributed by atoms with Gasteiger partial charge in [-0.05, 0) is 30.3 Å². The molecular formula is C20H15N7. The summed E-state index contributed by atoms with van der Waals surface area (Å²) in [5.41, 5.74) is 16.7. The van der Waals surface area contributed by atoms with Crippen LogP contribution in [-0.4, -0.2) is 24.9 Å². The summed E-state index contributed by atoms with van der Waals surface area (Å²) in [6, 6.07) is 13.3. The van der Waals surface area contributed by atoms with Crippen LogP contribution in [0.4, 0.5) is 11.5 Å². The van der Waals surface area contributed by atoms with Crippen molar-refractivity contribution in [2.24, 2.45) is 0 Å². The zero-order valence-corrected chi connectivity index (χ0v) is 14.2. The van der Waals surface area contributed by atoms with Gasteiger partial charge in [0.25, 0.3) is 0 Å². The van der Waals surface area contributed by atoms with Gasteiger partial charge in [0.05, 0.1) is 17.1 Å². The first-order valence-corrected chi connectivity index (χ1v) is 8.41. The first-order valence-electron chi connectivity index (χ1n) is 8.41. The predicted molar refractivity (Wildman–Crippen MR) is 107 cm³/mol. The van der Waals surface area contributed by atoms with Crippen molar-refractivity contribution in [1.82, 2.24) is 24.9 Å². The van der Waals surface area contributed by atoms with Crippen molar-refractivity contribution in [3.8, 4) is 22.6 Å². The number of nitrogens with one attached hydrogen (secondary N) is 1. The summed E-state index contributed by atoms with van der Waals surface area (Å²) in [7, 11) is 0. The van der Waals surface area contributed by atoms with Gasteiger partial charge in [-0.3, -0.25) is 4.98 Å². The zero-order valence-electron chi connectivity index (χ0n) is 14.2. The van der Waals surface area contributed by atoms with Gasteiger partial charge >= 0.3 is 0 Å². The number of nitrogen functional groups attached to an aromatic ring is 2. The Morgan fingerprint density at radius 3 is 2.67 bits per heavy atom. The maximum absolute atomic E-state index is 6.20. The summed E-state index contributed by atoms with van der Waals surface area (Å²) in [4.78, 5) is 21.0. The van der Waals surface area contributed by atoms with E-state index in [2.05, 4.69) is 24.9 Å². The average Bonchev–Trinajstić information content (AvgIpc) is 3.18. The minimum atomic E-state index is 0.417. The van der Waals surface area contributed by atoms with Gasteiger partial charge in [0.1, 0.15) is 17.8 Å². The monoisotopic (exact) mass is 353 g/mol. The maximum Gasteiger partial charge on any atom is 0.141 e. The average molecular weight is 353 g/mol. The van der Waals surface area contributed by atoms with Crippen LogP contribution in [0.3, 0.4) is 0 Å². The SMILES string of the molecule is Nc1cccc2c(N)nc(-c3ncccc3-c3ncnc4[nH]ccc34)cc12. The molecule has 1 aromatic carbocycles. The number of anilines is 2. The molecule has 0 bridgehead atoms. The lowest BCUT2D eigenvalue weighted by Gasteiger charge is -2.11. The molecule has 0 fully saturated rings. The van der Waals surface area contributed by atoms with Gasteiger partial charge in [0.15, 0.2) is 0 Å². The number of hydrogen-bond acceptors (Lipinski definition) is 6. The van der Waals surface area contributed by atoms with E-state index in [1.807, 2.05) is 48.7 Å². The van der Waals surface area contributed by atoms with Crippen LogP contribution < -0.4 is 11.5 Å². The molecule has 0 unspecified atom stereocenters. The number of fused-ring (bicyclic) bond motifs is 2. The minimum absolute atomic E-state index is 0.417. The van der Waals surface area contributed by atoms with Crippen LogP contribution in [0.15, 0.2) is 61.2 Å². The van der Waals surface area contributed by atoms with Crippen LogP contribution in [0.2, 0.25) is 0 Å². The highest BCUT2D eigenvalue weighted by Gasteiger charge is 2.16. The molecule has 4 heterocycles. The van der Waals surface area contributed by atoms with Crippen LogP contribution in [0.1, 0.15) is 0 Å². The highest BCUT2D eigenvalue weighted by atomic mass is 14.9. The van der Waals surface area contributed by atoms with Gasteiger partial charge in [-0.2, -0.15) is 0 Å². The summed E-state index contributed by atoms with van der Waals surface area (Å²) in [5, 5.41) is 2.59. The molecule has 0 spiro atoms. The highest BCUT2D eigenvalue weighted by Crippen LogP contribution is 2.35. The van der Waals surface area contributed by atoms with Crippen LogP contribution in [-0.2, 0) is 0 Å². The van der Waals surface area contributed by atoms with E-state index < -0.39 is 0 Å². The molecule has 5 aromatic rings. The van der Waals surface area contributed by atoms with Crippen molar-refractivity contribution in [2.75, 3.05) is 11.5 Å². The van der Waals surface area contributed by atoms with Crippen molar-refractivity contribution in [1.29, 1.82) is 0 Å². The lowest BCUT2D eigenvalue weighted by Crippen LogP contribution is -1.99. The first kappa shape index (κ1) is 15.3. The molecule has 0 radical (unpaired) electrons. The fourth-order valence-corrected chi connectivity index (χ4v) is 3.34. The van der Waals surface area contributed by atoms with Gasteiger partial charge < -0.3 is 16.5 Å². The van der Waals surface area contributed by atoms with Crippen molar-refractivity contribution in [3.63, 3.8) is 0 Å². The Morgan fingerprint density at radius 2 is 1.74 bits per heavy atom. The van der Waals surface area contributed by atoms with E-state index in [0.29, 0.717) is 22.9 Å². The summed E-state index contributed by atoms with van der Waals surface area (Å²) >= 11 is 0. The second-order valence-electron chi connectivity index (χ2n) is 6.20. The molecule has 4 aromatic heterocycles. The van der Waals surface area contributed by atoms with E-state index in [9.17, 15) is 0 Å². The molecule has 27 heavy (non-hydrogen) atoms. The number of nitrogens with zero attached hydrogens (tertiary/aromatic N) is 4. The van der Waals surface area contributed by atoms with E-state index in [-0.39, 0.29) is 0 Å². The Kier molecular flexibility index (Phi) is 3.26. The minimum Gasteiger partial charge on any atom is -0.398 e. The Morgan fingerprint density at radius 1 is 0.815 bits per heavy atom. The number of rotatable bonds is 2. The Bertz CT molecular complexity index is 1310. The van der Waals surface area contributed by atoms with Gasteiger partial charge in [-0.1, -0.05) is 12.1 Å². The van der Waals surface area contributed by atoms with Crippen LogP contribution in [0, 0.1) is 0 Å². The second-order valence-corrected chi connectivity index (χ2v) is 6.20. The zero-order chi connectivity index (χ0) is 18.4. The number of hydrogen-bond donors (Lipinski definition) is 3. The quantitative estimate of drug-likeness (QED) is 0.418. The third-order valence-electron chi connectivity index (χ3n) is 4.60. The molecule has 130 valence electrons. The second kappa shape index (κ2) is 5.77. The summed E-state index contributed by atoms with van der Waals surface area (Å²) in [6.45, 7) is 0. The van der Waals surface area contributed by atoms with Crippen LogP contribution in [0.25, 0.3) is 44.5 Å². The number of pyridine rings is 2. The number of aromatic nitrogens is 5. The number of nitrogens with two attached hydrogens (primary N) is 2. The van der Waals surface area contributed by atoms with E-state index in [0.717, 1.165) is 33.1 Å². The van der Waals surface area contributed by atoms with E-state index in [1.54, 1.807) is 6.20 Å². The number of benzene rings is 1. The van der Waals surface area contributed by atoms with Crippen LogP contribution >= 0.6 is 0 Å². The lowest BCUT2D eigenvalue weighted by molar-refractivity contribution is 1.19. The molecule has 0 aliphatic heterocycles. The smallest absolute Gasteiger partial charge is 0.141 e. The molecule has 0 saturated carbocycles. The van der Waals surface area contributed by atoms with E-state index >= 15 is 0 Å². The standard InChI is InChI=1S/C20H15N7/c21-15-5-1-3-11-14(15)9-16(27-19(11)22)18-12(4-2-7-23-18)17-13-6-8-24-20(13)26-10-25-17/h1-10H,21H2,(H2,22,27)(H,24,25,26). The fraction of sp³-hybridized carbons (Fsp3) is 0. The van der Waals surface area contributed by atoms with E-state index in [1.165, 1.54) is 6.33 Å². The van der Waals surface area contributed by atoms with Gasteiger partial charge in [0.2, 0.25) is 0 Å². The van der Waals surface area contributed by atoms with E-state index in [4.69, 9.17) is 11.5 Å². The lowest BCUT2D eigenvalue weighted by atomic mass is 10.0. The molecule has 5 rings (SSSR count). The highest BCUT2D eigenvalue weighted by molar-refractivity contribution is 6.02. The van der Waals surface area contributed by atoms with Gasteiger partial charge in [-0.15, -0.1) is 0 Å². The maximum atomic E-state index is 6.20. The Labute approximate surface area is 154 Å². The third kappa shape index (κ3) is 2.36. The molecule has 0 atom stereocenters. The van der Waals surface area contributed by atoms with Crippen molar-refractivity contribution < 1.29 is 0 Å². The topological polar surface area (TPSA) is 119 Å². The molecular weight excluding hydrogens is 338 g/mol. The van der Waals surface area contributed by atoms with Crippen molar-refractivity contribution >= 4 is 33.3 Å². The number of H-pyrrole nitrogens is 1. The van der Waals surface area contributed by atoms with Gasteiger partial charge in [-0.25, -0.2) is 15.0 Å². The molecule has 7 heteroatoms. The fourth-order valence-electron chi connectivity index (χ4n) is 3.34. The first-order chi connectivity index (χ1) is 13.2. The molecule has 0 amide bonds. The third-order valence-corrected chi connectivity index (χ3v) is 4.60. The summed E-state index contributed by atoms with van der Waals surface area (Å²) in [5.74, 6) is 0.417. The Hall–Kier alpha value is -4.00. The number of aromatic amines is 1. The largest absolute Gasteiger partial charge is 0.398 e. The molecule has 5 N–H and O–H groups in total. The normalized spacial score (nSPS) is 11.3. The van der Waals surface area contributed by atoms with Gasteiger partial charge in [0, 0.05) is 39.8 Å². The summed E-state index contributed by atoms with van der Waals surface area (Å²) in [6.07, 6.45) is 5.10.